The molecule has 0 aromatic carbocycles. The average molecular weight is 572 g/mol. The number of hydrogen-bond donors (Lipinski definition) is 3. The molecule has 0 spiro atoms. The largest absolute Gasteiger partial charge is 0.477 e. The van der Waals surface area contributed by atoms with Crippen LogP contribution in [0.3, 0.4) is 0 Å². The number of nitrogens with one attached hydrogen (secondary N) is 1. The molecule has 1 saturated heterocycles. The number of amides is 2. The Morgan fingerprint density at radius 3 is 2.89 bits per heavy atom. The fourth-order valence-corrected chi connectivity index (χ4v) is 6.57. The number of β-lactam (4-membered cyclic amide) rings is 1. The van der Waals surface area contributed by atoms with Crippen molar-refractivity contribution >= 4 is 75.1 Å². The predicted octanol–water partition coefficient (Wildman–Crippen LogP) is 0.340. The maximum Gasteiger partial charge on any atom is 0.352 e. The molecular formula is C18H18ClN9O5S3. The maximum atomic E-state index is 13.1. The van der Waals surface area contributed by atoms with Crippen LogP contribution in [0.4, 0.5) is 5.13 Å². The molecule has 18 heteroatoms. The molecule has 0 saturated carbocycles. The number of halogens is 1. The second kappa shape index (κ2) is 10.9. The van der Waals surface area contributed by atoms with E-state index >= 15 is 0 Å². The molecular weight excluding hydrogens is 554 g/mol. The number of tetrazole rings is 1. The fraction of sp³-hybridized carbons (Fsp3) is 0.333. The van der Waals surface area contributed by atoms with E-state index in [0.717, 1.165) is 11.3 Å². The van der Waals surface area contributed by atoms with Gasteiger partial charge in [-0.2, -0.15) is 0 Å². The van der Waals surface area contributed by atoms with Gasteiger partial charge in [0.15, 0.2) is 10.8 Å². The zero-order valence-electron chi connectivity index (χ0n) is 18.5. The van der Waals surface area contributed by atoms with Crippen molar-refractivity contribution in [1.29, 1.82) is 0 Å². The first kappa shape index (κ1) is 25.9. The minimum absolute atomic E-state index is 0.00403. The van der Waals surface area contributed by atoms with E-state index < -0.39 is 29.2 Å². The van der Waals surface area contributed by atoms with Crippen molar-refractivity contribution in [1.82, 2.24) is 35.4 Å². The van der Waals surface area contributed by atoms with Gasteiger partial charge >= 0.3 is 5.97 Å². The molecule has 1 unspecified atom stereocenters. The number of oxime groups is 1. The van der Waals surface area contributed by atoms with Gasteiger partial charge in [0, 0.05) is 18.6 Å². The highest BCUT2D eigenvalue weighted by atomic mass is 35.5. The van der Waals surface area contributed by atoms with Gasteiger partial charge in [-0.25, -0.2) is 14.5 Å². The molecule has 0 bridgehead atoms. The minimum Gasteiger partial charge on any atom is -0.477 e. The van der Waals surface area contributed by atoms with Gasteiger partial charge < -0.3 is 21.0 Å². The molecule has 2 amide bonds. The number of aromatic nitrogens is 5. The van der Waals surface area contributed by atoms with Crippen molar-refractivity contribution in [3.8, 4) is 0 Å². The molecule has 4 heterocycles. The highest BCUT2D eigenvalue weighted by molar-refractivity contribution is 8.01. The van der Waals surface area contributed by atoms with E-state index in [2.05, 4.69) is 37.6 Å². The lowest BCUT2D eigenvalue weighted by Crippen LogP contribution is -2.71. The number of carbonyl (C=O) groups is 3. The zero-order valence-corrected chi connectivity index (χ0v) is 21.7. The molecule has 2 aromatic heterocycles. The average Bonchev–Trinajstić information content (AvgIpc) is 3.41. The second-order valence-corrected chi connectivity index (χ2v) is 10.9. The Hall–Kier alpha value is -3.15. The van der Waals surface area contributed by atoms with E-state index in [1.165, 1.54) is 39.2 Å². The van der Waals surface area contributed by atoms with Crippen molar-refractivity contribution in [3.63, 3.8) is 0 Å². The molecule has 2 aromatic rings. The topological polar surface area (TPSA) is 191 Å². The Morgan fingerprint density at radius 2 is 2.28 bits per heavy atom. The lowest BCUT2D eigenvalue weighted by atomic mass is 10.0. The van der Waals surface area contributed by atoms with E-state index in [1.54, 1.807) is 7.05 Å². The van der Waals surface area contributed by atoms with Crippen LogP contribution in [0.2, 0.25) is 4.34 Å². The van der Waals surface area contributed by atoms with Crippen LogP contribution in [-0.4, -0.2) is 88.2 Å². The van der Waals surface area contributed by atoms with Crippen molar-refractivity contribution in [2.75, 3.05) is 23.8 Å². The van der Waals surface area contributed by atoms with Gasteiger partial charge in [0.05, 0.1) is 0 Å². The van der Waals surface area contributed by atoms with Gasteiger partial charge in [0.25, 0.3) is 11.8 Å². The number of anilines is 1. The first-order chi connectivity index (χ1) is 17.2. The summed E-state index contributed by atoms with van der Waals surface area (Å²) < 4.78 is 1.58. The molecule has 0 aliphatic carbocycles. The van der Waals surface area contributed by atoms with Crippen LogP contribution in [0.1, 0.15) is 5.69 Å². The van der Waals surface area contributed by atoms with Crippen LogP contribution in [-0.2, 0) is 26.3 Å². The van der Waals surface area contributed by atoms with Gasteiger partial charge in [0.1, 0.15) is 33.7 Å². The quantitative estimate of drug-likeness (QED) is 0.0886. The first-order valence-electron chi connectivity index (χ1n) is 10.0. The van der Waals surface area contributed by atoms with Crippen LogP contribution < -0.4 is 11.1 Å². The smallest absolute Gasteiger partial charge is 0.352 e. The normalized spacial score (nSPS) is 19.6. The van der Waals surface area contributed by atoms with Gasteiger partial charge in [-0.05, 0) is 16.0 Å². The number of carbonyl (C=O) groups excluding carboxylic acids is 2. The number of thiazole rings is 1. The molecule has 1 fully saturated rings. The van der Waals surface area contributed by atoms with Gasteiger partial charge in [-0.1, -0.05) is 52.5 Å². The molecule has 4 N–H and O–H groups in total. The number of aliphatic carboxylic acids is 1. The summed E-state index contributed by atoms with van der Waals surface area (Å²) in [6.07, 6.45) is 1.43. The molecule has 2 atom stereocenters. The number of fused-ring (bicyclic) bond motifs is 1. The number of carboxylic acids is 1. The van der Waals surface area contributed by atoms with Crippen LogP contribution in [0.15, 0.2) is 34.2 Å². The summed E-state index contributed by atoms with van der Waals surface area (Å²) >= 11 is 9.67. The summed E-state index contributed by atoms with van der Waals surface area (Å²) in [4.78, 5) is 48.3. The van der Waals surface area contributed by atoms with Crippen LogP contribution in [0, 0.1) is 0 Å². The minimum atomic E-state index is -1.24. The van der Waals surface area contributed by atoms with Gasteiger partial charge in [0.2, 0.25) is 5.16 Å². The highest BCUT2D eigenvalue weighted by Crippen LogP contribution is 2.41. The molecule has 36 heavy (non-hydrogen) atoms. The Bertz CT molecular complexity index is 1290. The third-order valence-electron chi connectivity index (χ3n) is 4.88. The summed E-state index contributed by atoms with van der Waals surface area (Å²) in [6.45, 7) is 3.52. The van der Waals surface area contributed by atoms with Crippen LogP contribution in [0.5, 0.6) is 0 Å². The zero-order chi connectivity index (χ0) is 26.0. The number of nitrogens with zero attached hydrogens (tertiary/aromatic N) is 7. The number of carboxylic acid groups (broad SMARTS) is 1. The molecule has 2 aliphatic rings. The highest BCUT2D eigenvalue weighted by Gasteiger charge is 2.54. The van der Waals surface area contributed by atoms with Crippen LogP contribution in [0.25, 0.3) is 0 Å². The second-order valence-electron chi connectivity index (χ2n) is 7.19. The lowest BCUT2D eigenvalue weighted by molar-refractivity contribution is -0.150. The summed E-state index contributed by atoms with van der Waals surface area (Å²) in [5, 5.41) is 27.4. The van der Waals surface area contributed by atoms with Crippen molar-refractivity contribution in [2.45, 2.75) is 16.6 Å². The molecule has 0 radical (unpaired) electrons. The van der Waals surface area contributed by atoms with E-state index in [0.29, 0.717) is 16.5 Å². The maximum absolute atomic E-state index is 13.1. The Kier molecular flexibility index (Phi) is 7.82. The number of aryl methyl sites for hydroxylation is 1. The number of thioether (sulfide) groups is 2. The van der Waals surface area contributed by atoms with Gasteiger partial charge in [-0.3, -0.25) is 14.5 Å². The lowest BCUT2D eigenvalue weighted by Gasteiger charge is -2.49. The first-order valence-corrected chi connectivity index (χ1v) is 13.2. The Labute approximate surface area is 220 Å². The number of nitrogen functional groups attached to an aromatic ring is 1. The summed E-state index contributed by atoms with van der Waals surface area (Å²) in [7, 11) is 1.67. The molecule has 4 rings (SSSR count). The molecule has 2 aliphatic heterocycles. The SMILES string of the molecule is C=CCO/N=C(/C(=O)NC1C(=O)N2C(C(=O)O)=C(CSc3nnnn3C)CS[C@H]12)c1nc(N)sc1Cl. The third-order valence-corrected chi connectivity index (χ3v) is 8.40. The summed E-state index contributed by atoms with van der Waals surface area (Å²) in [5.74, 6) is -1.98. The predicted molar refractivity (Wildman–Crippen MR) is 133 cm³/mol. The summed E-state index contributed by atoms with van der Waals surface area (Å²) in [5.41, 5.74) is 5.84. The Morgan fingerprint density at radius 1 is 1.50 bits per heavy atom. The fourth-order valence-electron chi connectivity index (χ4n) is 3.31. The van der Waals surface area contributed by atoms with Crippen molar-refractivity contribution < 1.29 is 24.3 Å². The number of hydrogen-bond acceptors (Lipinski definition) is 13. The van der Waals surface area contributed by atoms with Crippen LogP contribution >= 0.6 is 46.5 Å². The molecule has 14 nitrogen and oxygen atoms in total. The Balaban J connectivity index is 1.51. The van der Waals surface area contributed by atoms with E-state index in [4.69, 9.17) is 22.2 Å². The monoisotopic (exact) mass is 571 g/mol. The number of nitrogens with two attached hydrogens (primary N) is 1. The third kappa shape index (κ3) is 5.04. The van der Waals surface area contributed by atoms with Gasteiger partial charge in [-0.15, -0.1) is 16.9 Å². The van der Waals surface area contributed by atoms with E-state index in [1.807, 2.05) is 0 Å². The van der Waals surface area contributed by atoms with E-state index in [9.17, 15) is 19.5 Å². The van der Waals surface area contributed by atoms with Crippen molar-refractivity contribution in [2.24, 2.45) is 12.2 Å². The standard InChI is InChI=1S/C18H18ClN9O5S3/c1-3-4-33-24-9(8-12(19)36-17(20)22-8)13(29)21-10-14(30)28-11(16(31)32)7(5-34-15(10)28)6-35-18-23-25-26-27(18)2/h3,10,15H,1,4-6H2,2H3,(H2,20,22)(H,21,29)(H,31,32)/b24-9+/t10?,15-/m1/s1. The summed E-state index contributed by atoms with van der Waals surface area (Å²) in [6, 6.07) is -0.992. The van der Waals surface area contributed by atoms with Crippen molar-refractivity contribution in [3.05, 3.63) is 34.0 Å². The van der Waals surface area contributed by atoms with E-state index in [-0.39, 0.29) is 38.9 Å². The molecule has 190 valence electrons. The number of rotatable bonds is 10.